The average molecular weight is 937 g/mol. The number of aromatic hydroxyl groups is 1. The number of pyridine rings is 1. The van der Waals surface area contributed by atoms with Gasteiger partial charge in [-0.2, -0.15) is 0 Å². The summed E-state index contributed by atoms with van der Waals surface area (Å²) >= 11 is 0. The van der Waals surface area contributed by atoms with E-state index in [9.17, 15) is 33.9 Å². The molecule has 0 radical (unpaired) electrons. The second-order valence-corrected chi connectivity index (χ2v) is 19.2. The van der Waals surface area contributed by atoms with Gasteiger partial charge in [0.1, 0.15) is 36.0 Å². The second-order valence-electron chi connectivity index (χ2n) is 19.2. The minimum atomic E-state index is -1.22. The van der Waals surface area contributed by atoms with Gasteiger partial charge >= 0.3 is 11.9 Å². The van der Waals surface area contributed by atoms with E-state index in [1.807, 2.05) is 24.4 Å². The molecule has 0 aliphatic carbocycles. The molecule has 7 rings (SSSR count). The Morgan fingerprint density at radius 3 is 2.51 bits per heavy atom. The predicted molar refractivity (Wildman–Crippen MR) is 252 cm³/mol. The Morgan fingerprint density at radius 2 is 1.81 bits per heavy atom. The van der Waals surface area contributed by atoms with Gasteiger partial charge in [0.2, 0.25) is 17.7 Å². The molecule has 4 N–H and O–H groups in total. The number of carbonyl (C=O) groups is 6. The Labute approximate surface area is 396 Å². The maximum atomic E-state index is 14.7. The molecule has 2 saturated heterocycles. The molecule has 2 aromatic heterocycles. The van der Waals surface area contributed by atoms with E-state index in [0.29, 0.717) is 43.5 Å². The SMILES string of the molecule is CCn1c(-c2cnccc2COC)c2c3cc(ccc31)-c1cc(O)cc(c1)C[C@H](NC(=O)C(C(C)C)N(C)C(=O)CN(C)C(=O)[C@@H]1N[C@H]1C(=O)OC)C(=O)N1CCC[C@H](N1)C(=O)OCC(C)(C)C2. The summed E-state index contributed by atoms with van der Waals surface area (Å²) in [4.78, 5) is 88.7. The molecular weight excluding hydrogens is 873 g/mol. The smallest absolute Gasteiger partial charge is 0.325 e. The van der Waals surface area contributed by atoms with E-state index in [1.165, 1.54) is 36.0 Å². The summed E-state index contributed by atoms with van der Waals surface area (Å²) in [5.41, 5.74) is 9.49. The molecule has 68 heavy (non-hydrogen) atoms. The highest BCUT2D eigenvalue weighted by atomic mass is 16.5. The van der Waals surface area contributed by atoms with Crippen molar-refractivity contribution in [3.8, 4) is 28.1 Å². The number of rotatable bonds is 12. The van der Waals surface area contributed by atoms with Crippen LogP contribution < -0.4 is 16.1 Å². The maximum absolute atomic E-state index is 14.7. The summed E-state index contributed by atoms with van der Waals surface area (Å²) < 4.78 is 18.7. The van der Waals surface area contributed by atoms with E-state index in [0.717, 1.165) is 38.9 Å². The first-order valence-corrected chi connectivity index (χ1v) is 23.2. The number of phenolic OH excluding ortho intramolecular Hbond substituents is 1. The van der Waals surface area contributed by atoms with Crippen LogP contribution in [0.15, 0.2) is 54.9 Å². The zero-order chi connectivity index (χ0) is 49.2. The third kappa shape index (κ3) is 10.5. The van der Waals surface area contributed by atoms with Crippen LogP contribution in [0.5, 0.6) is 5.75 Å². The molecule has 5 atom stereocenters. The fourth-order valence-electron chi connectivity index (χ4n) is 9.58. The lowest BCUT2D eigenvalue weighted by Gasteiger charge is -2.37. The van der Waals surface area contributed by atoms with Gasteiger partial charge in [0, 0.05) is 75.0 Å². The number of benzene rings is 2. The van der Waals surface area contributed by atoms with Gasteiger partial charge in [0.15, 0.2) is 0 Å². The van der Waals surface area contributed by atoms with E-state index < -0.39 is 77.1 Å². The number of methoxy groups -OCH3 is 2. The summed E-state index contributed by atoms with van der Waals surface area (Å²) in [5.74, 6) is -3.74. The highest BCUT2D eigenvalue weighted by molar-refractivity contribution is 5.98. The van der Waals surface area contributed by atoms with Crippen molar-refractivity contribution in [3.63, 3.8) is 0 Å². The molecule has 2 aromatic carbocycles. The van der Waals surface area contributed by atoms with Crippen LogP contribution in [-0.2, 0) is 69.0 Å². The summed E-state index contributed by atoms with van der Waals surface area (Å²) in [7, 11) is 5.78. The standard InChI is InChI=1S/C50H64N8O10/c1-10-57-39-14-13-30-22-34(39)35(44(57)36-24-51-16-15-31(36)26-66-8)23-50(4,5)27-68-48(64)37-12-11-17-58(54-37)46(62)38(20-29-18-32(30)21-33(59)19-29)52-45(61)43(28(2)3)56(7)40(60)25-55(6)47(63)41-42(53-41)49(65)67-9/h13-16,18-19,21-22,24,28,37-38,41-43,53-54,59H,10-12,17,20,23,25-27H2,1-9H3,(H,52,61)/t37-,38-,41+,42+,43?/m0/s1. The number of aryl methyl sites for hydroxylation is 1. The normalized spacial score (nSPS) is 20.8. The third-order valence-electron chi connectivity index (χ3n) is 13.1. The van der Waals surface area contributed by atoms with Gasteiger partial charge in [-0.1, -0.05) is 39.8 Å². The van der Waals surface area contributed by atoms with Crippen molar-refractivity contribution in [2.75, 3.05) is 48.0 Å². The number of hydrazine groups is 1. The number of cyclic esters (lactones) is 1. The molecule has 1 unspecified atom stereocenters. The van der Waals surface area contributed by atoms with Crippen LogP contribution in [0.2, 0.25) is 0 Å². The minimum absolute atomic E-state index is 0.0421. The number of ether oxygens (including phenoxy) is 3. The predicted octanol–water partition coefficient (Wildman–Crippen LogP) is 3.35. The van der Waals surface area contributed by atoms with E-state index in [2.05, 4.69) is 58.5 Å². The number of fused-ring (bicyclic) bond motifs is 6. The summed E-state index contributed by atoms with van der Waals surface area (Å²) in [6.45, 7) is 10.7. The molecule has 6 bridgehead atoms. The topological polar surface area (TPSA) is 224 Å². The van der Waals surface area contributed by atoms with Crippen LogP contribution in [0.1, 0.15) is 64.2 Å². The molecule has 0 spiro atoms. The molecule has 5 heterocycles. The van der Waals surface area contributed by atoms with Gasteiger partial charge in [-0.3, -0.25) is 44.1 Å². The number of nitrogens with one attached hydrogen (secondary N) is 3. The van der Waals surface area contributed by atoms with Crippen molar-refractivity contribution in [3.05, 3.63) is 71.5 Å². The Bertz CT molecular complexity index is 2590. The lowest BCUT2D eigenvalue weighted by molar-refractivity contribution is -0.155. The third-order valence-corrected chi connectivity index (χ3v) is 13.1. The van der Waals surface area contributed by atoms with Crippen molar-refractivity contribution in [1.29, 1.82) is 0 Å². The lowest BCUT2D eigenvalue weighted by atomic mass is 9.84. The number of amides is 4. The number of esters is 2. The van der Waals surface area contributed by atoms with Crippen molar-refractivity contribution in [2.24, 2.45) is 11.3 Å². The first-order valence-electron chi connectivity index (χ1n) is 23.2. The first kappa shape index (κ1) is 49.5. The van der Waals surface area contributed by atoms with Crippen LogP contribution in [-0.4, -0.2) is 143 Å². The zero-order valence-electron chi connectivity index (χ0n) is 40.4. The highest BCUT2D eigenvalue weighted by Crippen LogP contribution is 2.41. The van der Waals surface area contributed by atoms with Gasteiger partial charge in [-0.05, 0) is 90.3 Å². The van der Waals surface area contributed by atoms with Crippen LogP contribution in [0.25, 0.3) is 33.3 Å². The first-order chi connectivity index (χ1) is 32.4. The van der Waals surface area contributed by atoms with Crippen molar-refractivity contribution in [2.45, 2.75) is 104 Å². The lowest BCUT2D eigenvalue weighted by Crippen LogP contribution is -2.62. The molecule has 364 valence electrons. The summed E-state index contributed by atoms with van der Waals surface area (Å²) in [6, 6.07) is 8.46. The Kier molecular flexibility index (Phi) is 14.9. The number of carbonyl (C=O) groups excluding carboxylic acids is 6. The van der Waals surface area contributed by atoms with Gasteiger partial charge in [0.25, 0.3) is 5.91 Å². The molecule has 18 heteroatoms. The fraction of sp³-hybridized carbons (Fsp3) is 0.500. The number of aromatic nitrogens is 2. The monoisotopic (exact) mass is 936 g/mol. The van der Waals surface area contributed by atoms with Crippen molar-refractivity contribution < 1.29 is 48.1 Å². The van der Waals surface area contributed by atoms with E-state index in [-0.39, 0.29) is 31.9 Å². The Balaban J connectivity index is 1.26. The number of nitrogens with zero attached hydrogens (tertiary/aromatic N) is 5. The molecule has 18 nitrogen and oxygen atoms in total. The van der Waals surface area contributed by atoms with Crippen LogP contribution >= 0.6 is 0 Å². The van der Waals surface area contributed by atoms with Gasteiger partial charge < -0.3 is 39.0 Å². The number of hydrogen-bond donors (Lipinski definition) is 4. The molecule has 2 fully saturated rings. The number of likely N-dealkylation sites (N-methyl/N-ethyl adjacent to an activating group) is 2. The van der Waals surface area contributed by atoms with Crippen LogP contribution in [0.3, 0.4) is 0 Å². The molecule has 4 aromatic rings. The molecular formula is C50H64N8O10. The molecule has 0 saturated carbocycles. The maximum Gasteiger partial charge on any atom is 0.325 e. The van der Waals surface area contributed by atoms with Crippen LogP contribution in [0, 0.1) is 11.3 Å². The van der Waals surface area contributed by atoms with Crippen LogP contribution in [0.4, 0.5) is 0 Å². The van der Waals surface area contributed by atoms with Gasteiger partial charge in [-0.15, -0.1) is 0 Å². The summed E-state index contributed by atoms with van der Waals surface area (Å²) in [5, 5.41) is 19.3. The van der Waals surface area contributed by atoms with E-state index in [4.69, 9.17) is 14.2 Å². The quantitative estimate of drug-likeness (QED) is 0.118. The van der Waals surface area contributed by atoms with E-state index in [1.54, 1.807) is 39.3 Å². The largest absolute Gasteiger partial charge is 0.508 e. The number of phenols is 1. The fourth-order valence-corrected chi connectivity index (χ4v) is 9.58. The number of hydrogen-bond acceptors (Lipinski definition) is 13. The highest BCUT2D eigenvalue weighted by Gasteiger charge is 2.50. The average Bonchev–Trinajstić information content (AvgIpc) is 4.06. The van der Waals surface area contributed by atoms with Gasteiger partial charge in [-0.25, -0.2) is 5.43 Å². The summed E-state index contributed by atoms with van der Waals surface area (Å²) in [6.07, 6.45) is 4.97. The minimum Gasteiger partial charge on any atom is -0.508 e. The molecule has 3 aliphatic heterocycles. The Morgan fingerprint density at radius 1 is 1.04 bits per heavy atom. The van der Waals surface area contributed by atoms with E-state index >= 15 is 0 Å². The van der Waals surface area contributed by atoms with Gasteiger partial charge in [0.05, 0.1) is 32.6 Å². The Hall–Kier alpha value is -6.37. The zero-order valence-corrected chi connectivity index (χ0v) is 40.4. The molecule has 4 amide bonds. The second kappa shape index (κ2) is 20.5. The molecule has 3 aliphatic rings. The van der Waals surface area contributed by atoms with Crippen molar-refractivity contribution in [1.82, 2.24) is 40.4 Å². The van der Waals surface area contributed by atoms with Crippen molar-refractivity contribution >= 4 is 46.5 Å².